The molecule has 0 spiro atoms. The molecule has 5 rings (SSSR count). The fourth-order valence-electron chi connectivity index (χ4n) is 4.37. The van der Waals surface area contributed by atoms with E-state index < -0.39 is 0 Å². The van der Waals surface area contributed by atoms with Crippen LogP contribution in [-0.4, -0.2) is 22.4 Å². The van der Waals surface area contributed by atoms with E-state index in [0.717, 1.165) is 28.9 Å². The van der Waals surface area contributed by atoms with E-state index in [1.807, 2.05) is 48.5 Å². The Labute approximate surface area is 213 Å². The molecule has 36 heavy (non-hydrogen) atoms. The van der Waals surface area contributed by atoms with Gasteiger partial charge in [-0.3, -0.25) is 9.59 Å². The van der Waals surface area contributed by atoms with Gasteiger partial charge in [0, 0.05) is 23.6 Å². The van der Waals surface area contributed by atoms with Crippen LogP contribution in [0.1, 0.15) is 29.2 Å². The van der Waals surface area contributed by atoms with Crippen LogP contribution in [-0.2, 0) is 30.7 Å². The largest absolute Gasteiger partial charge is 0.497 e. The fourth-order valence-corrected chi connectivity index (χ4v) is 4.56. The van der Waals surface area contributed by atoms with E-state index in [1.165, 1.54) is 4.68 Å². The first-order valence-electron chi connectivity index (χ1n) is 11.8. The molecule has 1 amide bonds. The van der Waals surface area contributed by atoms with Crippen molar-refractivity contribution in [3.63, 3.8) is 0 Å². The van der Waals surface area contributed by atoms with Crippen LogP contribution in [0.4, 0.5) is 0 Å². The van der Waals surface area contributed by atoms with E-state index in [-0.39, 0.29) is 18.0 Å². The van der Waals surface area contributed by atoms with Gasteiger partial charge in [-0.25, -0.2) is 9.36 Å². The first kappa shape index (κ1) is 23.8. The molecule has 7 nitrogen and oxygen atoms in total. The van der Waals surface area contributed by atoms with E-state index in [0.29, 0.717) is 40.9 Å². The Morgan fingerprint density at radius 1 is 1.08 bits per heavy atom. The summed E-state index contributed by atoms with van der Waals surface area (Å²) >= 11 is 6.17. The maximum Gasteiger partial charge on any atom is 0.278 e. The Bertz CT molecular complexity index is 1490. The Hall–Kier alpha value is -3.97. The first-order valence-corrected chi connectivity index (χ1v) is 12.1. The van der Waals surface area contributed by atoms with Gasteiger partial charge in [-0.2, -0.15) is 0 Å². The van der Waals surface area contributed by atoms with Crippen LogP contribution in [0.3, 0.4) is 0 Å². The summed E-state index contributed by atoms with van der Waals surface area (Å²) in [5, 5.41) is 3.51. The number of aryl methyl sites for hydroxylation is 1. The van der Waals surface area contributed by atoms with Crippen LogP contribution in [0.2, 0.25) is 5.02 Å². The number of aromatic nitrogens is 2. The summed E-state index contributed by atoms with van der Waals surface area (Å²) in [6, 6.07) is 20.6. The molecule has 0 radical (unpaired) electrons. The van der Waals surface area contributed by atoms with E-state index in [4.69, 9.17) is 21.1 Å². The van der Waals surface area contributed by atoms with Gasteiger partial charge in [0.25, 0.3) is 5.56 Å². The van der Waals surface area contributed by atoms with Crippen molar-refractivity contribution in [2.24, 2.45) is 0 Å². The van der Waals surface area contributed by atoms with E-state index in [1.54, 1.807) is 30.0 Å². The van der Waals surface area contributed by atoms with Gasteiger partial charge in [0.05, 0.1) is 18.4 Å². The van der Waals surface area contributed by atoms with Gasteiger partial charge in [0.2, 0.25) is 11.8 Å². The normalized spacial score (nSPS) is 11.9. The summed E-state index contributed by atoms with van der Waals surface area (Å²) in [5.41, 5.74) is 3.83. The lowest BCUT2D eigenvalue weighted by Crippen LogP contribution is -2.31. The Kier molecular flexibility index (Phi) is 6.57. The third-order valence-electron chi connectivity index (χ3n) is 6.29. The van der Waals surface area contributed by atoms with E-state index in [9.17, 15) is 9.59 Å². The molecule has 0 saturated carbocycles. The van der Waals surface area contributed by atoms with Crippen molar-refractivity contribution in [3.05, 3.63) is 104 Å². The van der Waals surface area contributed by atoms with Crippen molar-refractivity contribution in [3.8, 4) is 23.1 Å². The molecule has 184 valence electrons. The zero-order chi connectivity index (χ0) is 25.2. The van der Waals surface area contributed by atoms with Crippen molar-refractivity contribution in [1.29, 1.82) is 0 Å². The van der Waals surface area contributed by atoms with Crippen LogP contribution in [0, 0.1) is 0 Å². The number of hydrogen-bond donors (Lipinski definition) is 1. The first-order chi connectivity index (χ1) is 17.5. The summed E-state index contributed by atoms with van der Waals surface area (Å²) in [5.74, 6) is 1.46. The number of ether oxygens (including phenoxy) is 2. The minimum absolute atomic E-state index is 0.0903. The number of hydrogen-bond acceptors (Lipinski definition) is 4. The minimum atomic E-state index is -0.250. The monoisotopic (exact) mass is 503 g/mol. The summed E-state index contributed by atoms with van der Waals surface area (Å²) in [6.45, 7) is 2.32. The van der Waals surface area contributed by atoms with Crippen LogP contribution >= 0.6 is 11.6 Å². The topological polar surface area (TPSA) is 74.5 Å². The third kappa shape index (κ3) is 4.62. The predicted molar refractivity (Wildman–Crippen MR) is 139 cm³/mol. The smallest absolute Gasteiger partial charge is 0.278 e. The van der Waals surface area contributed by atoms with E-state index in [2.05, 4.69) is 12.2 Å². The summed E-state index contributed by atoms with van der Waals surface area (Å²) in [6.07, 6.45) is 1.26. The summed E-state index contributed by atoms with van der Waals surface area (Å²) in [4.78, 5) is 26.7. The van der Waals surface area contributed by atoms with Gasteiger partial charge in [-0.05, 0) is 60.0 Å². The Morgan fingerprint density at radius 2 is 1.89 bits per heavy atom. The van der Waals surface area contributed by atoms with E-state index >= 15 is 0 Å². The molecular formula is C28H26ClN3O4. The summed E-state index contributed by atoms with van der Waals surface area (Å²) < 4.78 is 14.6. The van der Waals surface area contributed by atoms with Crippen molar-refractivity contribution < 1.29 is 14.3 Å². The van der Waals surface area contributed by atoms with Crippen molar-refractivity contribution in [2.75, 3.05) is 7.11 Å². The highest BCUT2D eigenvalue weighted by Crippen LogP contribution is 2.37. The lowest BCUT2D eigenvalue weighted by Gasteiger charge is -2.20. The Balaban J connectivity index is 1.49. The second kappa shape index (κ2) is 9.95. The molecular weight excluding hydrogens is 478 g/mol. The second-order valence-corrected chi connectivity index (χ2v) is 9.07. The molecule has 0 aliphatic carbocycles. The number of rotatable bonds is 7. The van der Waals surface area contributed by atoms with Crippen molar-refractivity contribution in [1.82, 2.24) is 14.7 Å². The number of nitrogens with one attached hydrogen (secondary N) is 1. The zero-order valence-corrected chi connectivity index (χ0v) is 20.8. The van der Waals surface area contributed by atoms with Crippen LogP contribution in [0.25, 0.3) is 5.69 Å². The number of carbonyl (C=O) groups is 1. The SMILES string of the molecule is CCc1ccc(-n2c(=O)c3c(n2CC(=O)NCc2cccc(OC)c2)Oc2ccc(Cl)cc2C3)cc1. The number of halogens is 1. The standard InChI is InChI=1S/C28H26ClN3O4/c1-3-18-7-10-22(11-8-18)32-27(34)24-15-20-14-21(29)9-12-25(20)36-28(24)31(32)17-26(33)30-16-19-5-4-6-23(13-19)35-2/h4-14H,3,15-17H2,1-2H3,(H,30,33). The average Bonchev–Trinajstić information content (AvgIpc) is 3.16. The number of carbonyl (C=O) groups excluding carboxylic acids is 1. The molecule has 0 unspecified atom stereocenters. The van der Waals surface area contributed by atoms with Crippen LogP contribution in [0.5, 0.6) is 17.4 Å². The lowest BCUT2D eigenvalue weighted by molar-refractivity contribution is -0.122. The zero-order valence-electron chi connectivity index (χ0n) is 20.1. The highest BCUT2D eigenvalue weighted by atomic mass is 35.5. The summed E-state index contributed by atoms with van der Waals surface area (Å²) in [7, 11) is 1.60. The maximum atomic E-state index is 13.6. The van der Waals surface area contributed by atoms with Crippen molar-refractivity contribution >= 4 is 17.5 Å². The number of methoxy groups -OCH3 is 1. The van der Waals surface area contributed by atoms with Crippen molar-refractivity contribution in [2.45, 2.75) is 32.9 Å². The molecule has 4 aromatic rings. The number of fused-ring (bicyclic) bond motifs is 2. The molecule has 1 aliphatic heterocycles. The molecule has 0 bridgehead atoms. The molecule has 1 aromatic heterocycles. The third-order valence-corrected chi connectivity index (χ3v) is 6.52. The second-order valence-electron chi connectivity index (χ2n) is 8.64. The van der Waals surface area contributed by atoms with Gasteiger partial charge < -0.3 is 14.8 Å². The maximum absolute atomic E-state index is 13.6. The van der Waals surface area contributed by atoms with Crippen LogP contribution in [0.15, 0.2) is 71.5 Å². The molecule has 0 saturated heterocycles. The molecule has 0 atom stereocenters. The number of nitrogens with zero attached hydrogens (tertiary/aromatic N) is 2. The Morgan fingerprint density at radius 3 is 2.64 bits per heavy atom. The average molecular weight is 504 g/mol. The molecule has 2 heterocycles. The number of amides is 1. The van der Waals surface area contributed by atoms with Gasteiger partial charge in [0.15, 0.2) is 0 Å². The number of benzene rings is 3. The highest BCUT2D eigenvalue weighted by Gasteiger charge is 2.29. The molecule has 1 N–H and O–H groups in total. The lowest BCUT2D eigenvalue weighted by atomic mass is 10.0. The van der Waals surface area contributed by atoms with Crippen LogP contribution < -0.4 is 20.3 Å². The molecule has 0 fully saturated rings. The molecule has 1 aliphatic rings. The highest BCUT2D eigenvalue weighted by molar-refractivity contribution is 6.30. The molecule has 8 heteroatoms. The molecule has 3 aromatic carbocycles. The van der Waals surface area contributed by atoms with Gasteiger partial charge in [-0.1, -0.05) is 42.8 Å². The van der Waals surface area contributed by atoms with Gasteiger partial charge in [0.1, 0.15) is 18.0 Å². The van der Waals surface area contributed by atoms with Gasteiger partial charge in [-0.15, -0.1) is 0 Å². The minimum Gasteiger partial charge on any atom is -0.497 e. The van der Waals surface area contributed by atoms with Gasteiger partial charge >= 0.3 is 0 Å². The quantitative estimate of drug-likeness (QED) is 0.343. The predicted octanol–water partition coefficient (Wildman–Crippen LogP) is 4.88. The fraction of sp³-hybridized carbons (Fsp3) is 0.214.